The molecule has 21 heavy (non-hydrogen) atoms. The quantitative estimate of drug-likeness (QED) is 0.873. The van der Waals surface area contributed by atoms with Crippen molar-refractivity contribution in [2.24, 2.45) is 0 Å². The van der Waals surface area contributed by atoms with Crippen molar-refractivity contribution in [1.82, 2.24) is 10.3 Å². The highest BCUT2D eigenvalue weighted by Crippen LogP contribution is 2.18. The molecule has 1 N–H and O–H groups in total. The lowest BCUT2D eigenvalue weighted by Crippen LogP contribution is -2.35. The van der Waals surface area contributed by atoms with Crippen molar-refractivity contribution in [3.05, 3.63) is 58.3 Å². The van der Waals surface area contributed by atoms with E-state index in [9.17, 15) is 0 Å². The Morgan fingerprint density at radius 3 is 2.52 bits per heavy atom. The summed E-state index contributed by atoms with van der Waals surface area (Å²) in [6.45, 7) is 7.71. The molecule has 0 unspecified atom stereocenters. The third-order valence-corrected chi connectivity index (χ3v) is 3.72. The van der Waals surface area contributed by atoms with Crippen LogP contribution in [0.25, 0.3) is 0 Å². The molecule has 0 fully saturated rings. The number of ether oxygens (including phenoxy) is 1. The molecule has 2 rings (SSSR count). The molecule has 0 radical (unpaired) electrons. The average molecular weight is 349 g/mol. The highest BCUT2D eigenvalue weighted by atomic mass is 79.9. The Morgan fingerprint density at radius 1 is 1.14 bits per heavy atom. The van der Waals surface area contributed by atoms with E-state index < -0.39 is 0 Å². The van der Waals surface area contributed by atoms with Gasteiger partial charge < -0.3 is 10.1 Å². The van der Waals surface area contributed by atoms with Crippen LogP contribution in [0.15, 0.2) is 47.1 Å². The van der Waals surface area contributed by atoms with Gasteiger partial charge in [0.15, 0.2) is 0 Å². The summed E-state index contributed by atoms with van der Waals surface area (Å²) in [5, 5.41) is 3.41. The lowest BCUT2D eigenvalue weighted by molar-refractivity contribution is 0.304. The van der Waals surface area contributed by atoms with Crippen molar-refractivity contribution >= 4 is 15.9 Å². The van der Waals surface area contributed by atoms with Crippen LogP contribution in [0.1, 0.15) is 32.0 Å². The molecule has 0 atom stereocenters. The third-order valence-electron chi connectivity index (χ3n) is 2.95. The summed E-state index contributed by atoms with van der Waals surface area (Å²) in [6.07, 6.45) is 1.77. The molecule has 2 aromatic rings. The van der Waals surface area contributed by atoms with E-state index in [0.717, 1.165) is 28.0 Å². The molecule has 1 aromatic carbocycles. The predicted molar refractivity (Wildman–Crippen MR) is 89.3 cm³/mol. The van der Waals surface area contributed by atoms with Crippen LogP contribution in [0, 0.1) is 0 Å². The van der Waals surface area contributed by atoms with Crippen LogP contribution in [0.4, 0.5) is 0 Å². The molecular formula is C17H21BrN2O. The van der Waals surface area contributed by atoms with Crippen LogP contribution in [-0.4, -0.2) is 10.5 Å². The first-order valence-corrected chi connectivity index (χ1v) is 7.79. The van der Waals surface area contributed by atoms with E-state index >= 15 is 0 Å². The van der Waals surface area contributed by atoms with Gasteiger partial charge in [-0.25, -0.2) is 0 Å². The molecule has 0 aliphatic heterocycles. The minimum Gasteiger partial charge on any atom is -0.487 e. The second kappa shape index (κ2) is 7.05. The monoisotopic (exact) mass is 348 g/mol. The largest absolute Gasteiger partial charge is 0.487 e. The molecule has 0 saturated heterocycles. The van der Waals surface area contributed by atoms with Crippen molar-refractivity contribution in [3.8, 4) is 5.75 Å². The summed E-state index contributed by atoms with van der Waals surface area (Å²) in [4.78, 5) is 4.42. The number of benzene rings is 1. The Balaban J connectivity index is 1.89. The van der Waals surface area contributed by atoms with Gasteiger partial charge in [0.25, 0.3) is 0 Å². The Morgan fingerprint density at radius 2 is 1.90 bits per heavy atom. The number of nitrogens with one attached hydrogen (secondary N) is 1. The Hall–Kier alpha value is -1.39. The Bertz CT molecular complexity index is 576. The SMILES string of the molecule is CC(C)(C)NCc1ccc(OCc2ccccc2Br)cn1. The summed E-state index contributed by atoms with van der Waals surface area (Å²) in [5.41, 5.74) is 2.23. The van der Waals surface area contributed by atoms with Crippen LogP contribution in [0.2, 0.25) is 0 Å². The van der Waals surface area contributed by atoms with Crippen molar-refractivity contribution in [1.29, 1.82) is 0 Å². The second-order valence-electron chi connectivity index (χ2n) is 5.97. The molecule has 112 valence electrons. The molecule has 0 bridgehead atoms. The van der Waals surface area contributed by atoms with E-state index in [-0.39, 0.29) is 5.54 Å². The summed E-state index contributed by atoms with van der Waals surface area (Å²) in [7, 11) is 0. The van der Waals surface area contributed by atoms with Gasteiger partial charge in [-0.2, -0.15) is 0 Å². The lowest BCUT2D eigenvalue weighted by Gasteiger charge is -2.20. The molecule has 3 nitrogen and oxygen atoms in total. The zero-order chi connectivity index (χ0) is 15.3. The number of rotatable bonds is 5. The number of nitrogens with zero attached hydrogens (tertiary/aromatic N) is 1. The minimum absolute atomic E-state index is 0.0937. The number of halogens is 1. The van der Waals surface area contributed by atoms with E-state index in [4.69, 9.17) is 4.74 Å². The fourth-order valence-corrected chi connectivity index (χ4v) is 2.13. The van der Waals surface area contributed by atoms with Gasteiger partial charge in [-0.3, -0.25) is 4.98 Å². The van der Waals surface area contributed by atoms with Crippen molar-refractivity contribution < 1.29 is 4.74 Å². The van der Waals surface area contributed by atoms with E-state index in [1.165, 1.54) is 0 Å². The number of hydrogen-bond donors (Lipinski definition) is 1. The van der Waals surface area contributed by atoms with Gasteiger partial charge in [0.1, 0.15) is 12.4 Å². The predicted octanol–water partition coefficient (Wildman–Crippen LogP) is 4.31. The molecule has 0 saturated carbocycles. The first kappa shape index (κ1) is 16.0. The molecule has 4 heteroatoms. The van der Waals surface area contributed by atoms with Crippen LogP contribution in [0.3, 0.4) is 0 Å². The molecule has 0 aliphatic carbocycles. The zero-order valence-corrected chi connectivity index (χ0v) is 14.3. The van der Waals surface area contributed by atoms with Crippen LogP contribution in [-0.2, 0) is 13.2 Å². The van der Waals surface area contributed by atoms with Gasteiger partial charge >= 0.3 is 0 Å². The molecule has 0 aliphatic rings. The number of aromatic nitrogens is 1. The Labute approximate surface area is 134 Å². The van der Waals surface area contributed by atoms with Gasteiger partial charge in [-0.15, -0.1) is 0 Å². The smallest absolute Gasteiger partial charge is 0.138 e. The third kappa shape index (κ3) is 5.48. The van der Waals surface area contributed by atoms with Crippen LogP contribution < -0.4 is 10.1 Å². The maximum atomic E-state index is 5.76. The molecule has 1 heterocycles. The number of hydrogen-bond acceptors (Lipinski definition) is 3. The highest BCUT2D eigenvalue weighted by Gasteiger charge is 2.08. The van der Waals surface area contributed by atoms with Crippen molar-refractivity contribution in [2.75, 3.05) is 0 Å². The highest BCUT2D eigenvalue weighted by molar-refractivity contribution is 9.10. The molecule has 1 aromatic heterocycles. The first-order chi connectivity index (χ1) is 9.94. The van der Waals surface area contributed by atoms with Gasteiger partial charge in [-0.05, 0) is 39.0 Å². The van der Waals surface area contributed by atoms with E-state index in [0.29, 0.717) is 6.61 Å². The fraction of sp³-hybridized carbons (Fsp3) is 0.353. The summed E-state index contributed by atoms with van der Waals surface area (Å²) >= 11 is 3.52. The van der Waals surface area contributed by atoms with E-state index in [2.05, 4.69) is 47.0 Å². The van der Waals surface area contributed by atoms with Gasteiger partial charge in [0, 0.05) is 22.1 Å². The fourth-order valence-electron chi connectivity index (χ4n) is 1.73. The first-order valence-electron chi connectivity index (χ1n) is 7.00. The van der Waals surface area contributed by atoms with Gasteiger partial charge in [-0.1, -0.05) is 34.1 Å². The summed E-state index contributed by atoms with van der Waals surface area (Å²) in [6, 6.07) is 12.0. The summed E-state index contributed by atoms with van der Waals surface area (Å²) in [5.74, 6) is 0.783. The van der Waals surface area contributed by atoms with Crippen molar-refractivity contribution in [3.63, 3.8) is 0 Å². The molecule has 0 spiro atoms. The standard InChI is InChI=1S/C17H21BrN2O/c1-17(2,3)20-10-14-8-9-15(11-19-14)21-12-13-6-4-5-7-16(13)18/h4-9,11,20H,10,12H2,1-3H3. The van der Waals surface area contributed by atoms with Gasteiger partial charge in [0.2, 0.25) is 0 Å². The van der Waals surface area contributed by atoms with Crippen LogP contribution in [0.5, 0.6) is 5.75 Å². The zero-order valence-electron chi connectivity index (χ0n) is 12.7. The van der Waals surface area contributed by atoms with Crippen molar-refractivity contribution in [2.45, 2.75) is 39.5 Å². The average Bonchev–Trinajstić information content (AvgIpc) is 2.45. The topological polar surface area (TPSA) is 34.1 Å². The van der Waals surface area contributed by atoms with Crippen LogP contribution >= 0.6 is 15.9 Å². The molecular weight excluding hydrogens is 328 g/mol. The van der Waals surface area contributed by atoms with E-state index in [1.807, 2.05) is 36.4 Å². The normalized spacial score (nSPS) is 11.4. The summed E-state index contributed by atoms with van der Waals surface area (Å²) < 4.78 is 6.82. The minimum atomic E-state index is 0.0937. The maximum absolute atomic E-state index is 5.76. The second-order valence-corrected chi connectivity index (χ2v) is 6.82. The number of pyridine rings is 1. The van der Waals surface area contributed by atoms with E-state index in [1.54, 1.807) is 6.20 Å². The Kier molecular flexibility index (Phi) is 5.37. The molecule has 0 amide bonds. The van der Waals surface area contributed by atoms with Gasteiger partial charge in [0.05, 0.1) is 11.9 Å². The lowest BCUT2D eigenvalue weighted by atomic mass is 10.1. The maximum Gasteiger partial charge on any atom is 0.138 e.